The van der Waals surface area contributed by atoms with E-state index in [9.17, 15) is 0 Å². The molecule has 0 fully saturated rings. The van der Waals surface area contributed by atoms with Gasteiger partial charge in [-0.2, -0.15) is 4.98 Å². The standard InChI is InChI=1S/C15H29N5O/c1-6-7-8-9-15(3,4)11-18-14(16-5)17-10-13-19-12(2)21-20-13/h6-11H2,1-5H3,(H2,16,17,18). The molecular formula is C15H29N5O. The van der Waals surface area contributed by atoms with Crippen molar-refractivity contribution >= 4 is 5.96 Å². The summed E-state index contributed by atoms with van der Waals surface area (Å²) in [6.45, 7) is 9.98. The molecule has 0 aliphatic carbocycles. The second-order valence-corrected chi connectivity index (χ2v) is 6.13. The predicted molar refractivity (Wildman–Crippen MR) is 85.2 cm³/mol. The van der Waals surface area contributed by atoms with Gasteiger partial charge in [-0.15, -0.1) is 0 Å². The quantitative estimate of drug-likeness (QED) is 0.438. The molecular weight excluding hydrogens is 266 g/mol. The summed E-state index contributed by atoms with van der Waals surface area (Å²) in [5.74, 6) is 1.98. The summed E-state index contributed by atoms with van der Waals surface area (Å²) in [5, 5.41) is 10.4. The molecule has 6 nitrogen and oxygen atoms in total. The van der Waals surface area contributed by atoms with Crippen LogP contribution >= 0.6 is 0 Å². The average molecular weight is 295 g/mol. The Morgan fingerprint density at radius 1 is 1.29 bits per heavy atom. The van der Waals surface area contributed by atoms with Crippen LogP contribution in [0.5, 0.6) is 0 Å². The number of hydrogen-bond acceptors (Lipinski definition) is 4. The number of aryl methyl sites for hydroxylation is 1. The molecule has 0 amide bonds. The van der Waals surface area contributed by atoms with Gasteiger partial charge in [0.1, 0.15) is 0 Å². The van der Waals surface area contributed by atoms with Gasteiger partial charge >= 0.3 is 0 Å². The molecule has 0 saturated heterocycles. The molecule has 120 valence electrons. The van der Waals surface area contributed by atoms with E-state index in [0.717, 1.165) is 12.5 Å². The predicted octanol–water partition coefficient (Wildman–Crippen LogP) is 2.65. The highest BCUT2D eigenvalue weighted by Crippen LogP contribution is 2.22. The molecule has 0 aliphatic rings. The summed E-state index contributed by atoms with van der Waals surface area (Å²) < 4.78 is 4.94. The molecule has 1 aromatic rings. The van der Waals surface area contributed by atoms with Crippen molar-refractivity contribution in [3.63, 3.8) is 0 Å². The van der Waals surface area contributed by atoms with Gasteiger partial charge in [-0.1, -0.05) is 45.2 Å². The molecule has 0 spiro atoms. The molecule has 1 rings (SSSR count). The lowest BCUT2D eigenvalue weighted by Crippen LogP contribution is -2.41. The molecule has 21 heavy (non-hydrogen) atoms. The Hall–Kier alpha value is -1.59. The van der Waals surface area contributed by atoms with Crippen LogP contribution in [-0.2, 0) is 6.54 Å². The van der Waals surface area contributed by atoms with Crippen molar-refractivity contribution in [1.82, 2.24) is 20.8 Å². The summed E-state index contributed by atoms with van der Waals surface area (Å²) >= 11 is 0. The zero-order valence-electron chi connectivity index (χ0n) is 14.0. The maximum Gasteiger partial charge on any atom is 0.223 e. The number of aliphatic imine (C=N–C) groups is 1. The van der Waals surface area contributed by atoms with Crippen LogP contribution in [0.4, 0.5) is 0 Å². The fourth-order valence-corrected chi connectivity index (χ4v) is 2.06. The van der Waals surface area contributed by atoms with Crippen molar-refractivity contribution in [1.29, 1.82) is 0 Å². The number of hydrogen-bond donors (Lipinski definition) is 2. The molecule has 6 heteroatoms. The minimum atomic E-state index is 0.259. The van der Waals surface area contributed by atoms with E-state index in [1.807, 2.05) is 0 Å². The Labute approximate surface area is 127 Å². The van der Waals surface area contributed by atoms with E-state index in [0.29, 0.717) is 18.3 Å². The first-order chi connectivity index (χ1) is 9.96. The van der Waals surface area contributed by atoms with Crippen molar-refractivity contribution < 1.29 is 4.52 Å². The van der Waals surface area contributed by atoms with E-state index >= 15 is 0 Å². The van der Waals surface area contributed by atoms with Gasteiger partial charge in [-0.3, -0.25) is 4.99 Å². The van der Waals surface area contributed by atoms with E-state index in [1.54, 1.807) is 14.0 Å². The number of unbranched alkanes of at least 4 members (excludes halogenated alkanes) is 2. The van der Waals surface area contributed by atoms with E-state index in [1.165, 1.54) is 25.7 Å². The molecule has 0 saturated carbocycles. The summed E-state index contributed by atoms with van der Waals surface area (Å²) in [5.41, 5.74) is 0.259. The van der Waals surface area contributed by atoms with Crippen molar-refractivity contribution in [2.24, 2.45) is 10.4 Å². The largest absolute Gasteiger partial charge is 0.356 e. The second kappa shape index (κ2) is 8.64. The third-order valence-corrected chi connectivity index (χ3v) is 3.40. The minimum absolute atomic E-state index is 0.259. The second-order valence-electron chi connectivity index (χ2n) is 6.13. The van der Waals surface area contributed by atoms with Crippen molar-refractivity contribution in [2.75, 3.05) is 13.6 Å². The topological polar surface area (TPSA) is 75.3 Å². The van der Waals surface area contributed by atoms with E-state index in [4.69, 9.17) is 4.52 Å². The van der Waals surface area contributed by atoms with Gasteiger partial charge in [0.2, 0.25) is 5.89 Å². The van der Waals surface area contributed by atoms with Crippen LogP contribution in [-0.4, -0.2) is 29.7 Å². The number of rotatable bonds is 8. The van der Waals surface area contributed by atoms with Crippen LogP contribution in [0.15, 0.2) is 9.52 Å². The first kappa shape index (κ1) is 17.5. The SMILES string of the molecule is CCCCCC(C)(C)CNC(=NC)NCc1noc(C)n1. The maximum atomic E-state index is 4.94. The monoisotopic (exact) mass is 295 g/mol. The highest BCUT2D eigenvalue weighted by Gasteiger charge is 2.17. The number of nitrogens with zero attached hydrogens (tertiary/aromatic N) is 3. The lowest BCUT2D eigenvalue weighted by atomic mass is 9.87. The molecule has 0 bridgehead atoms. The normalized spacial score (nSPS) is 12.5. The van der Waals surface area contributed by atoms with Gasteiger partial charge in [0.25, 0.3) is 0 Å². The number of aromatic nitrogens is 2. The Morgan fingerprint density at radius 2 is 2.05 bits per heavy atom. The minimum Gasteiger partial charge on any atom is -0.356 e. The number of nitrogens with one attached hydrogen (secondary N) is 2. The van der Waals surface area contributed by atoms with Crippen LogP contribution in [0.2, 0.25) is 0 Å². The summed E-state index contributed by atoms with van der Waals surface area (Å²) in [6, 6.07) is 0. The fraction of sp³-hybridized carbons (Fsp3) is 0.800. The third kappa shape index (κ3) is 7.11. The van der Waals surface area contributed by atoms with Crippen molar-refractivity contribution in [3.8, 4) is 0 Å². The van der Waals surface area contributed by atoms with Gasteiger partial charge in [0, 0.05) is 20.5 Å². The fourth-order valence-electron chi connectivity index (χ4n) is 2.06. The highest BCUT2D eigenvalue weighted by molar-refractivity contribution is 5.79. The zero-order chi connectivity index (χ0) is 15.7. The first-order valence-electron chi connectivity index (χ1n) is 7.70. The van der Waals surface area contributed by atoms with Crippen LogP contribution in [0.3, 0.4) is 0 Å². The summed E-state index contributed by atoms with van der Waals surface area (Å²) in [7, 11) is 1.76. The van der Waals surface area contributed by atoms with Gasteiger partial charge in [-0.05, 0) is 11.8 Å². The zero-order valence-corrected chi connectivity index (χ0v) is 14.0. The number of guanidine groups is 1. The van der Waals surface area contributed by atoms with E-state index < -0.39 is 0 Å². The van der Waals surface area contributed by atoms with Crippen LogP contribution in [0, 0.1) is 12.3 Å². The van der Waals surface area contributed by atoms with Gasteiger partial charge in [0.15, 0.2) is 11.8 Å². The van der Waals surface area contributed by atoms with Crippen LogP contribution in [0.1, 0.15) is 58.2 Å². The van der Waals surface area contributed by atoms with Crippen molar-refractivity contribution in [2.45, 2.75) is 59.9 Å². The average Bonchev–Trinajstić information content (AvgIpc) is 2.85. The Morgan fingerprint density at radius 3 is 2.62 bits per heavy atom. The van der Waals surface area contributed by atoms with Gasteiger partial charge in [-0.25, -0.2) is 0 Å². The van der Waals surface area contributed by atoms with E-state index in [2.05, 4.69) is 46.5 Å². The lowest BCUT2D eigenvalue weighted by molar-refractivity contribution is 0.318. The first-order valence-corrected chi connectivity index (χ1v) is 7.70. The highest BCUT2D eigenvalue weighted by atomic mass is 16.5. The van der Waals surface area contributed by atoms with Crippen molar-refractivity contribution in [3.05, 3.63) is 11.7 Å². The molecule has 2 N–H and O–H groups in total. The molecule has 0 unspecified atom stereocenters. The molecule has 0 atom stereocenters. The summed E-state index contributed by atoms with van der Waals surface area (Å²) in [6.07, 6.45) is 5.05. The van der Waals surface area contributed by atoms with Crippen LogP contribution in [0.25, 0.3) is 0 Å². The van der Waals surface area contributed by atoms with Crippen LogP contribution < -0.4 is 10.6 Å². The van der Waals surface area contributed by atoms with Gasteiger partial charge in [0.05, 0.1) is 6.54 Å². The molecule has 0 aliphatic heterocycles. The maximum absolute atomic E-state index is 4.94. The Balaban J connectivity index is 2.33. The molecule has 0 aromatic carbocycles. The molecule has 0 radical (unpaired) electrons. The molecule has 1 aromatic heterocycles. The third-order valence-electron chi connectivity index (χ3n) is 3.40. The smallest absolute Gasteiger partial charge is 0.223 e. The van der Waals surface area contributed by atoms with E-state index in [-0.39, 0.29) is 5.41 Å². The van der Waals surface area contributed by atoms with Gasteiger partial charge < -0.3 is 15.2 Å². The summed E-state index contributed by atoms with van der Waals surface area (Å²) in [4.78, 5) is 8.37. The Bertz CT molecular complexity index is 439. The molecule has 1 heterocycles. The lowest BCUT2D eigenvalue weighted by Gasteiger charge is -2.26. The Kier molecular flexibility index (Phi) is 7.19.